The average molecular weight is 532 g/mol. The van der Waals surface area contributed by atoms with Crippen LogP contribution in [0.4, 0.5) is 11.8 Å². The van der Waals surface area contributed by atoms with Crippen molar-refractivity contribution < 1.29 is 23.7 Å². The summed E-state index contributed by atoms with van der Waals surface area (Å²) in [6.07, 6.45) is -1.02. The molecular weight excluding hydrogens is 498 g/mol. The van der Waals surface area contributed by atoms with Crippen LogP contribution in [0.15, 0.2) is 36.4 Å². The summed E-state index contributed by atoms with van der Waals surface area (Å²) in [7, 11) is 4.62. The Labute approximate surface area is 223 Å². The second-order valence-corrected chi connectivity index (χ2v) is 8.82. The van der Waals surface area contributed by atoms with Crippen LogP contribution in [0.1, 0.15) is 25.3 Å². The number of piperazine rings is 1. The van der Waals surface area contributed by atoms with Gasteiger partial charge in [-0.1, -0.05) is 32.0 Å². The summed E-state index contributed by atoms with van der Waals surface area (Å²) in [6, 6.07) is 11.3. The van der Waals surface area contributed by atoms with E-state index in [9.17, 15) is 4.79 Å². The van der Waals surface area contributed by atoms with E-state index in [1.54, 1.807) is 31.3 Å². The molecule has 2 heterocycles. The first kappa shape index (κ1) is 28.1. The molecule has 37 heavy (non-hydrogen) atoms. The van der Waals surface area contributed by atoms with Crippen molar-refractivity contribution in [2.24, 2.45) is 0 Å². The number of amides is 1. The number of carbonyl (C=O) groups is 1. The number of rotatable bonds is 8. The summed E-state index contributed by atoms with van der Waals surface area (Å²) in [5.74, 6) is 2.67. The second kappa shape index (κ2) is 12.2. The SMILES string of the molecule is COc1cc2nc(N3CCN(C(=O)C(OC)Oc4ccccc4C(C)C)CC3)nc(N)c2cc1OC.Cl. The van der Waals surface area contributed by atoms with Crippen molar-refractivity contribution in [1.82, 2.24) is 14.9 Å². The van der Waals surface area contributed by atoms with E-state index in [-0.39, 0.29) is 24.2 Å². The predicted octanol–water partition coefficient (Wildman–Crippen LogP) is 3.47. The molecule has 3 aromatic rings. The van der Waals surface area contributed by atoms with Gasteiger partial charge < -0.3 is 34.5 Å². The van der Waals surface area contributed by atoms with Gasteiger partial charge in [0.15, 0.2) is 11.5 Å². The zero-order valence-electron chi connectivity index (χ0n) is 21.8. The van der Waals surface area contributed by atoms with Crippen LogP contribution < -0.4 is 24.8 Å². The number of hydrogen-bond acceptors (Lipinski definition) is 9. The van der Waals surface area contributed by atoms with Gasteiger partial charge in [0.1, 0.15) is 11.6 Å². The quantitative estimate of drug-likeness (QED) is 0.436. The van der Waals surface area contributed by atoms with Crippen LogP contribution in [-0.4, -0.2) is 74.6 Å². The number of hydrogen-bond donors (Lipinski definition) is 1. The summed E-state index contributed by atoms with van der Waals surface area (Å²) in [4.78, 5) is 26.1. The second-order valence-electron chi connectivity index (χ2n) is 8.82. The summed E-state index contributed by atoms with van der Waals surface area (Å²) in [5, 5.41) is 0.687. The molecule has 1 atom stereocenters. The molecule has 4 rings (SSSR count). The molecule has 200 valence electrons. The number of benzene rings is 2. The summed E-state index contributed by atoms with van der Waals surface area (Å²) in [5.41, 5.74) is 7.93. The first-order valence-corrected chi connectivity index (χ1v) is 11.9. The number of ether oxygens (including phenoxy) is 4. The van der Waals surface area contributed by atoms with Gasteiger partial charge in [-0.2, -0.15) is 4.98 Å². The third-order valence-corrected chi connectivity index (χ3v) is 6.28. The van der Waals surface area contributed by atoms with Gasteiger partial charge in [-0.3, -0.25) is 4.79 Å². The number of nitrogen functional groups attached to an aromatic ring is 1. The van der Waals surface area contributed by atoms with Gasteiger partial charge in [0.05, 0.1) is 19.7 Å². The average Bonchev–Trinajstić information content (AvgIpc) is 2.90. The fourth-order valence-electron chi connectivity index (χ4n) is 4.26. The Morgan fingerprint density at radius 3 is 2.22 bits per heavy atom. The molecule has 0 bridgehead atoms. The number of para-hydroxylation sites is 1. The van der Waals surface area contributed by atoms with Crippen LogP contribution in [0, 0.1) is 0 Å². The molecule has 2 aromatic carbocycles. The normalized spacial score (nSPS) is 14.3. The van der Waals surface area contributed by atoms with Crippen molar-refractivity contribution in [3.05, 3.63) is 42.0 Å². The number of nitrogens with two attached hydrogens (primary N) is 1. The Morgan fingerprint density at radius 1 is 0.946 bits per heavy atom. The van der Waals surface area contributed by atoms with Gasteiger partial charge in [-0.15, -0.1) is 12.4 Å². The third kappa shape index (κ3) is 5.91. The molecule has 1 aliphatic rings. The smallest absolute Gasteiger partial charge is 0.292 e. The molecule has 0 radical (unpaired) electrons. The van der Waals surface area contributed by atoms with Crippen molar-refractivity contribution in [2.45, 2.75) is 26.1 Å². The molecule has 1 saturated heterocycles. The standard InChI is InChI=1S/C26H33N5O5.ClH/c1-16(2)17-8-6-7-9-20(17)36-25(35-5)24(32)30-10-12-31(13-11-30)26-28-19-15-22(34-4)21(33-3)14-18(19)23(27)29-26;/h6-9,14-16,25H,10-13H2,1-5H3,(H2,27,28,29);1H. The van der Waals surface area contributed by atoms with Crippen molar-refractivity contribution in [3.8, 4) is 17.2 Å². The van der Waals surface area contributed by atoms with Crippen molar-refractivity contribution >= 4 is 41.0 Å². The fourth-order valence-corrected chi connectivity index (χ4v) is 4.26. The minimum atomic E-state index is -1.02. The molecule has 0 aliphatic carbocycles. The van der Waals surface area contributed by atoms with Gasteiger partial charge >= 0.3 is 0 Å². The monoisotopic (exact) mass is 531 g/mol. The zero-order chi connectivity index (χ0) is 25.8. The molecule has 0 saturated carbocycles. The van der Waals surface area contributed by atoms with E-state index in [4.69, 9.17) is 29.7 Å². The van der Waals surface area contributed by atoms with Crippen molar-refractivity contribution in [2.75, 3.05) is 58.1 Å². The largest absolute Gasteiger partial charge is 0.493 e. The number of fused-ring (bicyclic) bond motifs is 1. The van der Waals surface area contributed by atoms with E-state index in [0.29, 0.717) is 66.1 Å². The van der Waals surface area contributed by atoms with Crippen molar-refractivity contribution in [1.29, 1.82) is 0 Å². The number of aromatic nitrogens is 2. The Morgan fingerprint density at radius 2 is 1.59 bits per heavy atom. The first-order chi connectivity index (χ1) is 17.4. The number of nitrogens with zero attached hydrogens (tertiary/aromatic N) is 4. The number of halogens is 1. The van der Waals surface area contributed by atoms with Crippen LogP contribution >= 0.6 is 12.4 Å². The van der Waals surface area contributed by atoms with Gasteiger partial charge in [-0.25, -0.2) is 4.98 Å². The molecule has 2 N–H and O–H groups in total. The van der Waals surface area contributed by atoms with Gasteiger partial charge in [0, 0.05) is 44.7 Å². The molecule has 0 spiro atoms. The Hall–Kier alpha value is -3.50. The number of carbonyl (C=O) groups excluding carboxylic acids is 1. The predicted molar refractivity (Wildman–Crippen MR) is 145 cm³/mol. The molecule has 1 aliphatic heterocycles. The van der Waals surface area contributed by atoms with E-state index in [1.165, 1.54) is 7.11 Å². The maximum absolute atomic E-state index is 13.2. The molecule has 1 unspecified atom stereocenters. The van der Waals surface area contributed by atoms with E-state index in [1.807, 2.05) is 29.2 Å². The van der Waals surface area contributed by atoms with E-state index >= 15 is 0 Å². The van der Waals surface area contributed by atoms with Gasteiger partial charge in [-0.05, 0) is 23.6 Å². The lowest BCUT2D eigenvalue weighted by Crippen LogP contribution is -2.53. The maximum atomic E-state index is 13.2. The lowest BCUT2D eigenvalue weighted by atomic mass is 10.0. The highest BCUT2D eigenvalue weighted by Gasteiger charge is 2.30. The highest BCUT2D eigenvalue weighted by atomic mass is 35.5. The third-order valence-electron chi connectivity index (χ3n) is 6.28. The zero-order valence-corrected chi connectivity index (χ0v) is 22.6. The Kier molecular flexibility index (Phi) is 9.23. The topological polar surface area (TPSA) is 112 Å². The number of methoxy groups -OCH3 is 3. The van der Waals surface area contributed by atoms with E-state index in [0.717, 1.165) is 5.56 Å². The molecule has 10 nitrogen and oxygen atoms in total. The lowest BCUT2D eigenvalue weighted by Gasteiger charge is -2.36. The van der Waals surface area contributed by atoms with Crippen molar-refractivity contribution in [3.63, 3.8) is 0 Å². The van der Waals surface area contributed by atoms with Gasteiger partial charge in [0.2, 0.25) is 5.95 Å². The van der Waals surface area contributed by atoms with Crippen LogP contribution in [0.2, 0.25) is 0 Å². The Bertz CT molecular complexity index is 1230. The van der Waals surface area contributed by atoms with Gasteiger partial charge in [0.25, 0.3) is 12.2 Å². The van der Waals surface area contributed by atoms with E-state index in [2.05, 4.69) is 18.8 Å². The maximum Gasteiger partial charge on any atom is 0.292 e. The number of anilines is 2. The van der Waals surface area contributed by atoms with Crippen LogP contribution in [0.3, 0.4) is 0 Å². The minimum absolute atomic E-state index is 0. The Balaban J connectivity index is 0.00000380. The molecule has 1 aromatic heterocycles. The molecule has 1 fully saturated rings. The van der Waals surface area contributed by atoms with Crippen LogP contribution in [0.25, 0.3) is 10.9 Å². The highest BCUT2D eigenvalue weighted by Crippen LogP contribution is 2.34. The molecule has 1 amide bonds. The van der Waals surface area contributed by atoms with Crippen LogP contribution in [-0.2, 0) is 9.53 Å². The highest BCUT2D eigenvalue weighted by molar-refractivity contribution is 5.91. The molecular formula is C26H34ClN5O5. The fraction of sp³-hybridized carbons (Fsp3) is 0.423. The lowest BCUT2D eigenvalue weighted by molar-refractivity contribution is -0.159. The first-order valence-electron chi connectivity index (χ1n) is 11.9. The molecule has 11 heteroatoms. The minimum Gasteiger partial charge on any atom is -0.493 e. The summed E-state index contributed by atoms with van der Waals surface area (Å²) >= 11 is 0. The summed E-state index contributed by atoms with van der Waals surface area (Å²) in [6.45, 7) is 6.20. The van der Waals surface area contributed by atoms with Crippen LogP contribution in [0.5, 0.6) is 17.2 Å². The van der Waals surface area contributed by atoms with E-state index < -0.39 is 6.29 Å². The summed E-state index contributed by atoms with van der Waals surface area (Å²) < 4.78 is 22.2.